The third-order valence-electron chi connectivity index (χ3n) is 7.73. The second kappa shape index (κ2) is 4.44. The van der Waals surface area contributed by atoms with Crippen LogP contribution in [-0.2, 0) is 4.79 Å². The Morgan fingerprint density at radius 2 is 2.00 bits per heavy atom. The van der Waals surface area contributed by atoms with Crippen LogP contribution in [0.1, 0.15) is 66.6 Å². The highest BCUT2D eigenvalue weighted by Gasteiger charge is 2.58. The molecule has 21 heavy (non-hydrogen) atoms. The number of carbonyl (C=O) groups excluding carboxylic acids is 1. The summed E-state index contributed by atoms with van der Waals surface area (Å²) >= 11 is 0. The van der Waals surface area contributed by atoms with Crippen molar-refractivity contribution < 1.29 is 11.3 Å². The molecule has 0 aromatic rings. The van der Waals surface area contributed by atoms with Crippen molar-refractivity contribution in [2.45, 2.75) is 71.3 Å². The number of rotatable bonds is 0. The lowest BCUT2D eigenvalue weighted by atomic mass is 9.47. The van der Waals surface area contributed by atoms with Gasteiger partial charge in [0, 0.05) is 7.77 Å². The van der Waals surface area contributed by atoms with Gasteiger partial charge in [0.1, 0.15) is 0 Å². The van der Waals surface area contributed by atoms with Gasteiger partial charge in [-0.15, -0.1) is 0 Å². The largest absolute Gasteiger partial charge is 0.393 e. The summed E-state index contributed by atoms with van der Waals surface area (Å²) in [6, 6.07) is 0. The fourth-order valence-electron chi connectivity index (χ4n) is 6.36. The minimum Gasteiger partial charge on any atom is -0.393 e. The molecule has 4 aliphatic carbocycles. The fourth-order valence-corrected chi connectivity index (χ4v) is 6.36. The van der Waals surface area contributed by atoms with Crippen LogP contribution < -0.4 is 0 Å². The molecule has 0 aromatic carbocycles. The quantitative estimate of drug-likeness (QED) is 0.735. The molecule has 116 valence electrons. The zero-order chi connectivity index (χ0) is 15.7. The van der Waals surface area contributed by atoms with Gasteiger partial charge in [0.25, 0.3) is 0 Å². The number of fused-ring (bicyclic) bond motifs is 5. The van der Waals surface area contributed by atoms with Gasteiger partial charge in [-0.2, -0.15) is 0 Å². The molecule has 0 bridgehead atoms. The van der Waals surface area contributed by atoms with Gasteiger partial charge in [0.2, 0.25) is 0 Å². The Morgan fingerprint density at radius 3 is 2.81 bits per heavy atom. The highest BCUT2D eigenvalue weighted by atomic mass is 16.3. The van der Waals surface area contributed by atoms with E-state index in [1.54, 1.807) is 0 Å². The molecular weight excluding hydrogens is 260 g/mol. The fraction of sp³-hybridized carbons (Fsp3) is 0.842. The summed E-state index contributed by atoms with van der Waals surface area (Å²) in [7, 11) is 0. The smallest absolute Gasteiger partial charge is 0.155 e. The molecule has 0 aromatic heterocycles. The van der Waals surface area contributed by atoms with E-state index in [4.69, 9.17) is 1.37 Å². The molecule has 3 fully saturated rings. The minimum atomic E-state index is -0.560. The van der Waals surface area contributed by atoms with Crippen LogP contribution in [0.25, 0.3) is 0 Å². The van der Waals surface area contributed by atoms with Crippen molar-refractivity contribution in [2.75, 3.05) is 0 Å². The third-order valence-corrected chi connectivity index (χ3v) is 7.73. The number of aliphatic hydroxyl groups excluding tert-OH is 1. The Bertz CT molecular complexity index is 542. The summed E-state index contributed by atoms with van der Waals surface area (Å²) in [6.45, 7) is 4.62. The molecule has 0 spiro atoms. The van der Waals surface area contributed by atoms with Crippen molar-refractivity contribution in [3.63, 3.8) is 0 Å². The number of carbonyl (C=O) groups is 1. The molecular formula is C19H28O2. The third kappa shape index (κ3) is 1.78. The van der Waals surface area contributed by atoms with Crippen LogP contribution in [0.15, 0.2) is 11.6 Å². The average Bonchev–Trinajstić information content (AvgIpc) is 2.77. The Labute approximate surface area is 129 Å². The van der Waals surface area contributed by atoms with Gasteiger partial charge < -0.3 is 5.11 Å². The first-order chi connectivity index (χ1) is 10.4. The second-order valence-electron chi connectivity index (χ2n) is 8.45. The monoisotopic (exact) mass is 289 g/mol. The van der Waals surface area contributed by atoms with Crippen molar-refractivity contribution >= 4 is 5.78 Å². The Balaban J connectivity index is 1.70. The molecule has 7 atom stereocenters. The van der Waals surface area contributed by atoms with E-state index in [2.05, 4.69) is 13.8 Å². The van der Waals surface area contributed by atoms with Crippen molar-refractivity contribution in [3.8, 4) is 0 Å². The first kappa shape index (κ1) is 12.9. The molecule has 0 heterocycles. The normalized spacial score (nSPS) is 56.9. The number of hydrogen-bond acceptors (Lipinski definition) is 2. The van der Waals surface area contributed by atoms with Crippen LogP contribution in [0.4, 0.5) is 0 Å². The highest BCUT2D eigenvalue weighted by Crippen LogP contribution is 2.65. The molecule has 2 nitrogen and oxygen atoms in total. The van der Waals surface area contributed by atoms with Crippen LogP contribution in [0.3, 0.4) is 0 Å². The summed E-state index contributed by atoms with van der Waals surface area (Å²) < 4.78 is 8.12. The topological polar surface area (TPSA) is 37.3 Å². The molecule has 4 aliphatic rings. The van der Waals surface area contributed by atoms with Crippen molar-refractivity contribution in [2.24, 2.45) is 28.6 Å². The maximum absolute atomic E-state index is 11.9. The predicted octanol–water partition coefficient (Wildman–Crippen LogP) is 3.88. The lowest BCUT2D eigenvalue weighted by Gasteiger charge is -2.57. The van der Waals surface area contributed by atoms with Crippen LogP contribution in [0, 0.1) is 28.6 Å². The predicted molar refractivity (Wildman–Crippen MR) is 82.7 cm³/mol. The first-order valence-corrected chi connectivity index (χ1v) is 8.71. The standard InChI is InChI=1S/C19H28O2/c1-18-9-7-13(20)11-12(18)3-4-14-15-5-6-17(21)19(15,2)10-8-16(14)18/h11,14-17,21H,3-10H2,1-2H3/t14?,15?,16?,17-,18?,19?/m0/s1/i7D/t7?,14?,15?,16?,17-,18?,19?. The molecule has 4 rings (SSSR count). The van der Waals surface area contributed by atoms with Crippen molar-refractivity contribution in [1.29, 1.82) is 0 Å². The summed E-state index contributed by atoms with van der Waals surface area (Å²) in [5.41, 5.74) is 1.49. The molecule has 0 radical (unpaired) electrons. The molecule has 0 saturated heterocycles. The van der Waals surface area contributed by atoms with Crippen molar-refractivity contribution in [1.82, 2.24) is 0 Å². The molecule has 1 N–H and O–H groups in total. The maximum atomic E-state index is 11.9. The number of aliphatic hydroxyl groups is 1. The van der Waals surface area contributed by atoms with E-state index in [0.717, 1.165) is 32.1 Å². The molecule has 2 heteroatoms. The zero-order valence-corrected chi connectivity index (χ0v) is 13.3. The Morgan fingerprint density at radius 1 is 1.19 bits per heavy atom. The van der Waals surface area contributed by atoms with E-state index in [1.807, 2.05) is 6.08 Å². The van der Waals surface area contributed by atoms with Crippen LogP contribution in [-0.4, -0.2) is 17.0 Å². The number of ketones is 1. The zero-order valence-electron chi connectivity index (χ0n) is 14.3. The van der Waals surface area contributed by atoms with E-state index in [0.29, 0.717) is 24.2 Å². The average molecular weight is 289 g/mol. The molecule has 6 unspecified atom stereocenters. The summed E-state index contributed by atoms with van der Waals surface area (Å²) in [4.78, 5) is 11.9. The highest BCUT2D eigenvalue weighted by molar-refractivity contribution is 5.91. The van der Waals surface area contributed by atoms with Gasteiger partial charge in [-0.25, -0.2) is 0 Å². The van der Waals surface area contributed by atoms with E-state index >= 15 is 0 Å². The molecule has 3 saturated carbocycles. The maximum Gasteiger partial charge on any atom is 0.155 e. The van der Waals surface area contributed by atoms with Gasteiger partial charge in [0.05, 0.1) is 6.10 Å². The number of allylic oxidation sites excluding steroid dienone is 1. The van der Waals surface area contributed by atoms with E-state index in [1.165, 1.54) is 12.0 Å². The SMILES string of the molecule is [2H]C1CC2(C)C(=CC1=O)CCC1C2CCC2(C)C1CC[C@@H]2O. The second-order valence-corrected chi connectivity index (χ2v) is 8.45. The number of hydrogen-bond donors (Lipinski definition) is 1. The molecule has 0 aliphatic heterocycles. The minimum absolute atomic E-state index is 0.0165. The van der Waals surface area contributed by atoms with Gasteiger partial charge in [-0.3, -0.25) is 4.79 Å². The lowest BCUT2D eigenvalue weighted by Crippen LogP contribution is -2.51. The van der Waals surface area contributed by atoms with Crippen molar-refractivity contribution in [3.05, 3.63) is 11.6 Å². The molecule has 0 amide bonds. The van der Waals surface area contributed by atoms with Crippen LogP contribution in [0.5, 0.6) is 0 Å². The summed E-state index contributed by atoms with van der Waals surface area (Å²) in [5, 5.41) is 10.5. The van der Waals surface area contributed by atoms with E-state index in [9.17, 15) is 9.90 Å². The summed E-state index contributed by atoms with van der Waals surface area (Å²) in [5.74, 6) is 1.94. The lowest BCUT2D eigenvalue weighted by molar-refractivity contribution is -0.118. The van der Waals surface area contributed by atoms with Crippen LogP contribution >= 0.6 is 0 Å². The van der Waals surface area contributed by atoms with E-state index in [-0.39, 0.29) is 22.7 Å². The Kier molecular flexibility index (Phi) is 2.72. The Hall–Kier alpha value is -0.630. The van der Waals surface area contributed by atoms with Gasteiger partial charge in [-0.1, -0.05) is 19.4 Å². The van der Waals surface area contributed by atoms with Gasteiger partial charge in [0.15, 0.2) is 5.78 Å². The summed E-state index contributed by atoms with van der Waals surface area (Å²) in [6.07, 6.45) is 8.44. The van der Waals surface area contributed by atoms with Gasteiger partial charge >= 0.3 is 0 Å². The van der Waals surface area contributed by atoms with Crippen LogP contribution in [0.2, 0.25) is 0 Å². The first-order valence-electron chi connectivity index (χ1n) is 9.29. The van der Waals surface area contributed by atoms with Gasteiger partial charge in [-0.05, 0) is 79.6 Å². The van der Waals surface area contributed by atoms with E-state index < -0.39 is 6.40 Å².